The van der Waals surface area contributed by atoms with Gasteiger partial charge in [0.25, 0.3) is 5.91 Å². The van der Waals surface area contributed by atoms with E-state index in [4.69, 9.17) is 20.9 Å². The Labute approximate surface area is 168 Å². The van der Waals surface area contributed by atoms with Gasteiger partial charge in [-0.15, -0.1) is 0 Å². The van der Waals surface area contributed by atoms with Crippen LogP contribution < -0.4 is 10.1 Å². The zero-order chi connectivity index (χ0) is 20.1. The average Bonchev–Trinajstić information content (AvgIpc) is 3.16. The highest BCUT2D eigenvalue weighted by molar-refractivity contribution is 6.31. The van der Waals surface area contributed by atoms with Crippen molar-refractivity contribution in [1.82, 2.24) is 15.5 Å². The lowest BCUT2D eigenvalue weighted by molar-refractivity contribution is -0.128. The highest BCUT2D eigenvalue weighted by Gasteiger charge is 2.19. The fraction of sp³-hybridized carbons (Fsp3) is 0.286. The van der Waals surface area contributed by atoms with Gasteiger partial charge < -0.3 is 14.6 Å². The van der Waals surface area contributed by atoms with E-state index in [2.05, 4.69) is 15.5 Å². The fourth-order valence-corrected chi connectivity index (χ4v) is 2.72. The standard InChI is InChI=1S/C21H22ClN3O3/c1-4-18(27-16-9-10-17(22)14(3)11-16)21(26)23-12-19-24-20(25-28-19)15-7-5-13(2)6-8-15/h5-11,18H,4,12H2,1-3H3,(H,23,26)/t18-/m0/s1. The second-order valence-electron chi connectivity index (χ2n) is 6.52. The SMILES string of the molecule is CC[C@H](Oc1ccc(Cl)c(C)c1)C(=O)NCc1nc(-c2ccc(C)cc2)no1. The van der Waals surface area contributed by atoms with Gasteiger partial charge in [-0.3, -0.25) is 4.79 Å². The van der Waals surface area contributed by atoms with Crippen molar-refractivity contribution in [1.29, 1.82) is 0 Å². The molecule has 0 saturated heterocycles. The molecule has 0 saturated carbocycles. The number of hydrogen-bond acceptors (Lipinski definition) is 5. The van der Waals surface area contributed by atoms with Crippen molar-refractivity contribution in [3.8, 4) is 17.1 Å². The summed E-state index contributed by atoms with van der Waals surface area (Å²) in [6.07, 6.45) is -0.105. The molecule has 7 heteroatoms. The van der Waals surface area contributed by atoms with Crippen molar-refractivity contribution in [2.75, 3.05) is 0 Å². The van der Waals surface area contributed by atoms with E-state index in [1.54, 1.807) is 12.1 Å². The maximum Gasteiger partial charge on any atom is 0.261 e. The first kappa shape index (κ1) is 19.9. The van der Waals surface area contributed by atoms with E-state index in [1.165, 1.54) is 0 Å². The minimum atomic E-state index is -0.625. The molecule has 1 amide bonds. The van der Waals surface area contributed by atoms with Crippen LogP contribution in [0, 0.1) is 13.8 Å². The Kier molecular flexibility index (Phi) is 6.31. The van der Waals surface area contributed by atoms with Crippen LogP contribution in [-0.4, -0.2) is 22.2 Å². The third-order valence-electron chi connectivity index (χ3n) is 4.26. The third-order valence-corrected chi connectivity index (χ3v) is 4.69. The van der Waals surface area contributed by atoms with Crippen molar-refractivity contribution in [3.63, 3.8) is 0 Å². The predicted octanol–water partition coefficient (Wildman–Crippen LogP) is 4.48. The van der Waals surface area contributed by atoms with Crippen LogP contribution in [-0.2, 0) is 11.3 Å². The van der Waals surface area contributed by atoms with Crippen LogP contribution in [0.25, 0.3) is 11.4 Å². The lowest BCUT2D eigenvalue weighted by Gasteiger charge is -2.17. The summed E-state index contributed by atoms with van der Waals surface area (Å²) in [7, 11) is 0. The van der Waals surface area contributed by atoms with E-state index >= 15 is 0 Å². The van der Waals surface area contributed by atoms with E-state index in [1.807, 2.05) is 51.1 Å². The smallest absolute Gasteiger partial charge is 0.261 e. The molecule has 0 aliphatic rings. The van der Waals surface area contributed by atoms with Crippen LogP contribution in [0.2, 0.25) is 5.02 Å². The molecule has 6 nitrogen and oxygen atoms in total. The molecular formula is C21H22ClN3O3. The van der Waals surface area contributed by atoms with Crippen molar-refractivity contribution in [2.24, 2.45) is 0 Å². The first-order valence-electron chi connectivity index (χ1n) is 9.06. The summed E-state index contributed by atoms with van der Waals surface area (Å²) in [4.78, 5) is 16.8. The molecule has 0 aliphatic carbocycles. The van der Waals surface area contributed by atoms with Crippen LogP contribution in [0.4, 0.5) is 0 Å². The van der Waals surface area contributed by atoms with Crippen LogP contribution in [0.15, 0.2) is 47.0 Å². The first-order chi connectivity index (χ1) is 13.5. The van der Waals surface area contributed by atoms with E-state index in [0.29, 0.717) is 28.9 Å². The summed E-state index contributed by atoms with van der Waals surface area (Å²) >= 11 is 6.03. The molecule has 3 rings (SSSR count). The molecule has 0 radical (unpaired) electrons. The molecule has 0 aliphatic heterocycles. The molecular weight excluding hydrogens is 378 g/mol. The van der Waals surface area contributed by atoms with E-state index in [-0.39, 0.29) is 12.5 Å². The van der Waals surface area contributed by atoms with Crippen LogP contribution in [0.1, 0.15) is 30.4 Å². The molecule has 3 aromatic rings. The Balaban J connectivity index is 1.59. The fourth-order valence-electron chi connectivity index (χ4n) is 2.60. The summed E-state index contributed by atoms with van der Waals surface area (Å²) in [5.41, 5.74) is 2.91. The number of carbonyl (C=O) groups excluding carboxylic acids is 1. The number of hydrogen-bond donors (Lipinski definition) is 1. The third kappa shape index (κ3) is 4.89. The number of benzene rings is 2. The largest absolute Gasteiger partial charge is 0.481 e. The molecule has 1 heterocycles. The lowest BCUT2D eigenvalue weighted by Crippen LogP contribution is -2.37. The summed E-state index contributed by atoms with van der Waals surface area (Å²) in [6.45, 7) is 5.92. The molecule has 1 atom stereocenters. The quantitative estimate of drug-likeness (QED) is 0.633. The van der Waals surface area contributed by atoms with Crippen molar-refractivity contribution in [2.45, 2.75) is 39.8 Å². The number of aryl methyl sites for hydroxylation is 2. The zero-order valence-corrected chi connectivity index (χ0v) is 16.8. The molecule has 2 aromatic carbocycles. The Hall–Kier alpha value is -2.86. The second-order valence-corrected chi connectivity index (χ2v) is 6.93. The average molecular weight is 400 g/mol. The van der Waals surface area contributed by atoms with Gasteiger partial charge in [0.15, 0.2) is 6.10 Å². The van der Waals surface area contributed by atoms with Gasteiger partial charge in [-0.1, -0.05) is 53.5 Å². The van der Waals surface area contributed by atoms with E-state index in [0.717, 1.165) is 16.7 Å². The van der Waals surface area contributed by atoms with Crippen LogP contribution >= 0.6 is 11.6 Å². The van der Waals surface area contributed by atoms with Gasteiger partial charge in [0.2, 0.25) is 11.7 Å². The number of amides is 1. The van der Waals surface area contributed by atoms with Gasteiger partial charge in [0, 0.05) is 10.6 Å². The molecule has 1 aromatic heterocycles. The maximum atomic E-state index is 12.5. The highest BCUT2D eigenvalue weighted by Crippen LogP contribution is 2.22. The second kappa shape index (κ2) is 8.89. The van der Waals surface area contributed by atoms with E-state index < -0.39 is 6.10 Å². The molecule has 28 heavy (non-hydrogen) atoms. The topological polar surface area (TPSA) is 77.2 Å². The highest BCUT2D eigenvalue weighted by atomic mass is 35.5. The van der Waals surface area contributed by atoms with E-state index in [9.17, 15) is 4.79 Å². The molecule has 146 valence electrons. The maximum absolute atomic E-state index is 12.5. The summed E-state index contributed by atoms with van der Waals surface area (Å²) in [5.74, 6) is 1.18. The molecule has 1 N–H and O–H groups in total. The normalized spacial score (nSPS) is 11.9. The number of nitrogens with one attached hydrogen (secondary N) is 1. The van der Waals surface area contributed by atoms with Crippen LogP contribution in [0.3, 0.4) is 0 Å². The number of aromatic nitrogens is 2. The van der Waals surface area contributed by atoms with Gasteiger partial charge in [-0.2, -0.15) is 4.98 Å². The minimum absolute atomic E-state index is 0.136. The van der Waals surface area contributed by atoms with Crippen molar-refractivity contribution >= 4 is 17.5 Å². The van der Waals surface area contributed by atoms with Gasteiger partial charge in [0.1, 0.15) is 5.75 Å². The number of ether oxygens (including phenoxy) is 1. The monoisotopic (exact) mass is 399 g/mol. The number of halogens is 1. The van der Waals surface area contributed by atoms with Crippen molar-refractivity contribution < 1.29 is 14.1 Å². The zero-order valence-electron chi connectivity index (χ0n) is 16.0. The van der Waals surface area contributed by atoms with Crippen LogP contribution in [0.5, 0.6) is 5.75 Å². The summed E-state index contributed by atoms with van der Waals surface area (Å²) < 4.78 is 11.0. The Morgan fingerprint density at radius 3 is 2.64 bits per heavy atom. The predicted molar refractivity (Wildman–Crippen MR) is 107 cm³/mol. The summed E-state index contributed by atoms with van der Waals surface area (Å²) in [6, 6.07) is 13.1. The Morgan fingerprint density at radius 1 is 1.21 bits per heavy atom. The molecule has 0 spiro atoms. The number of carbonyl (C=O) groups is 1. The number of nitrogens with zero attached hydrogens (tertiary/aromatic N) is 2. The number of rotatable bonds is 7. The molecule has 0 fully saturated rings. The Bertz CT molecular complexity index is 954. The minimum Gasteiger partial charge on any atom is -0.481 e. The lowest BCUT2D eigenvalue weighted by atomic mass is 10.1. The first-order valence-corrected chi connectivity index (χ1v) is 9.44. The molecule has 0 bridgehead atoms. The summed E-state index contributed by atoms with van der Waals surface area (Å²) in [5, 5.41) is 7.41. The Morgan fingerprint density at radius 2 is 1.96 bits per heavy atom. The van der Waals surface area contributed by atoms with Gasteiger partial charge in [-0.05, 0) is 44.0 Å². The van der Waals surface area contributed by atoms with Gasteiger partial charge in [-0.25, -0.2) is 0 Å². The molecule has 0 unspecified atom stereocenters. The van der Waals surface area contributed by atoms with Gasteiger partial charge >= 0.3 is 0 Å². The van der Waals surface area contributed by atoms with Crippen molar-refractivity contribution in [3.05, 3.63) is 64.5 Å². The van der Waals surface area contributed by atoms with Gasteiger partial charge in [0.05, 0.1) is 6.54 Å².